The van der Waals surface area contributed by atoms with E-state index in [-0.39, 0.29) is 5.84 Å². The first kappa shape index (κ1) is 11.3. The van der Waals surface area contributed by atoms with Crippen molar-refractivity contribution in [2.24, 2.45) is 22.7 Å². The summed E-state index contributed by atoms with van der Waals surface area (Å²) in [5.74, 6) is 2.41. The molecule has 1 saturated carbocycles. The van der Waals surface area contributed by atoms with Crippen molar-refractivity contribution in [3.63, 3.8) is 0 Å². The van der Waals surface area contributed by atoms with Gasteiger partial charge in [0.05, 0.1) is 5.56 Å². The van der Waals surface area contributed by atoms with Crippen LogP contribution < -0.4 is 10.6 Å². The summed E-state index contributed by atoms with van der Waals surface area (Å²) in [6.07, 6.45) is 7.08. The number of aromatic nitrogens is 2. The van der Waals surface area contributed by atoms with Gasteiger partial charge in [0.15, 0.2) is 5.84 Å². The number of anilines is 1. The first-order chi connectivity index (χ1) is 8.79. The summed E-state index contributed by atoms with van der Waals surface area (Å²) in [7, 11) is 0. The van der Waals surface area contributed by atoms with E-state index in [0.717, 1.165) is 30.7 Å². The molecule has 0 aromatic carbocycles. The van der Waals surface area contributed by atoms with Crippen LogP contribution in [0.25, 0.3) is 0 Å². The Morgan fingerprint density at radius 3 is 2.78 bits per heavy atom. The molecule has 2 unspecified atom stereocenters. The normalized spacial score (nSPS) is 27.6. The van der Waals surface area contributed by atoms with E-state index < -0.39 is 0 Å². The monoisotopic (exact) mass is 247 g/mol. The Labute approximate surface area is 106 Å². The van der Waals surface area contributed by atoms with E-state index in [2.05, 4.69) is 20.0 Å². The molecule has 0 amide bonds. The van der Waals surface area contributed by atoms with Gasteiger partial charge in [-0.3, -0.25) is 0 Å². The molecule has 1 aromatic heterocycles. The van der Waals surface area contributed by atoms with Gasteiger partial charge in [-0.1, -0.05) is 11.6 Å². The number of hydrogen-bond donors (Lipinski definition) is 2. The van der Waals surface area contributed by atoms with Crippen LogP contribution in [0.1, 0.15) is 24.8 Å². The maximum absolute atomic E-state index is 8.81. The van der Waals surface area contributed by atoms with Crippen LogP contribution in [0.3, 0.4) is 0 Å². The third-order valence-electron chi connectivity index (χ3n) is 4.10. The van der Waals surface area contributed by atoms with Gasteiger partial charge >= 0.3 is 0 Å². The molecule has 1 aliphatic carbocycles. The van der Waals surface area contributed by atoms with Gasteiger partial charge in [0.1, 0.15) is 12.1 Å². The van der Waals surface area contributed by atoms with Crippen LogP contribution in [0.15, 0.2) is 17.7 Å². The van der Waals surface area contributed by atoms with Crippen molar-refractivity contribution in [2.45, 2.75) is 19.3 Å². The van der Waals surface area contributed by atoms with E-state index in [1.54, 1.807) is 6.20 Å². The maximum Gasteiger partial charge on any atom is 0.175 e. The zero-order chi connectivity index (χ0) is 12.5. The molecule has 96 valence electrons. The Bertz CT molecular complexity index is 463. The fourth-order valence-electron chi connectivity index (χ4n) is 3.22. The molecule has 1 aliphatic heterocycles. The highest BCUT2D eigenvalue weighted by atomic mass is 16.4. The minimum Gasteiger partial charge on any atom is -0.409 e. The van der Waals surface area contributed by atoms with Crippen LogP contribution >= 0.6 is 0 Å². The molecule has 6 heteroatoms. The van der Waals surface area contributed by atoms with Crippen LogP contribution in [0.5, 0.6) is 0 Å². The Hall–Kier alpha value is -1.85. The number of rotatable bonds is 2. The smallest absolute Gasteiger partial charge is 0.175 e. The minimum atomic E-state index is 0.0719. The van der Waals surface area contributed by atoms with Crippen LogP contribution in [0, 0.1) is 11.8 Å². The number of fused-ring (bicyclic) bond motifs is 1. The van der Waals surface area contributed by atoms with Crippen LogP contribution in [-0.2, 0) is 0 Å². The van der Waals surface area contributed by atoms with Gasteiger partial charge in [-0.2, -0.15) is 0 Å². The zero-order valence-corrected chi connectivity index (χ0v) is 10.2. The van der Waals surface area contributed by atoms with E-state index in [1.165, 1.54) is 25.6 Å². The molecule has 0 bridgehead atoms. The van der Waals surface area contributed by atoms with Crippen molar-refractivity contribution in [3.8, 4) is 0 Å². The summed E-state index contributed by atoms with van der Waals surface area (Å²) in [6, 6.07) is 0. The molecule has 3 rings (SSSR count). The lowest BCUT2D eigenvalue weighted by molar-refractivity contribution is 0.318. The lowest BCUT2D eigenvalue weighted by Gasteiger charge is -2.20. The minimum absolute atomic E-state index is 0.0719. The number of nitrogens with two attached hydrogens (primary N) is 1. The molecule has 1 aromatic rings. The fourth-order valence-corrected chi connectivity index (χ4v) is 3.22. The van der Waals surface area contributed by atoms with E-state index in [9.17, 15) is 0 Å². The summed E-state index contributed by atoms with van der Waals surface area (Å²) in [4.78, 5) is 10.5. The van der Waals surface area contributed by atoms with Crippen molar-refractivity contribution in [2.75, 3.05) is 18.0 Å². The maximum atomic E-state index is 8.81. The zero-order valence-electron chi connectivity index (χ0n) is 10.2. The Balaban J connectivity index is 1.89. The quantitative estimate of drug-likeness (QED) is 0.349. The molecule has 18 heavy (non-hydrogen) atoms. The van der Waals surface area contributed by atoms with Crippen molar-refractivity contribution in [3.05, 3.63) is 18.1 Å². The molecule has 2 heterocycles. The summed E-state index contributed by atoms with van der Waals surface area (Å²) in [5.41, 5.74) is 6.28. The number of nitrogens with zero attached hydrogens (tertiary/aromatic N) is 4. The highest BCUT2D eigenvalue weighted by Crippen LogP contribution is 2.39. The van der Waals surface area contributed by atoms with Crippen LogP contribution in [0.2, 0.25) is 0 Å². The molecule has 0 radical (unpaired) electrons. The fraction of sp³-hybridized carbons (Fsp3) is 0.583. The molecule has 6 nitrogen and oxygen atoms in total. The van der Waals surface area contributed by atoms with Crippen LogP contribution in [0.4, 0.5) is 5.82 Å². The predicted molar refractivity (Wildman–Crippen MR) is 67.6 cm³/mol. The Morgan fingerprint density at radius 1 is 1.39 bits per heavy atom. The van der Waals surface area contributed by atoms with Gasteiger partial charge in [-0.25, -0.2) is 9.97 Å². The summed E-state index contributed by atoms with van der Waals surface area (Å²) >= 11 is 0. The summed E-state index contributed by atoms with van der Waals surface area (Å²) in [5, 5.41) is 11.9. The average Bonchev–Trinajstić information content (AvgIpc) is 2.98. The third-order valence-corrected chi connectivity index (χ3v) is 4.10. The predicted octanol–water partition coefficient (Wildman–Crippen LogP) is 0.807. The Morgan fingerprint density at radius 2 is 2.11 bits per heavy atom. The lowest BCUT2D eigenvalue weighted by Crippen LogP contribution is -2.26. The van der Waals surface area contributed by atoms with Crippen molar-refractivity contribution >= 4 is 11.7 Å². The van der Waals surface area contributed by atoms with E-state index in [1.807, 2.05) is 0 Å². The summed E-state index contributed by atoms with van der Waals surface area (Å²) in [6.45, 7) is 2.04. The van der Waals surface area contributed by atoms with Gasteiger partial charge in [-0.05, 0) is 24.7 Å². The average molecular weight is 247 g/mol. The molecular formula is C12H17N5O. The van der Waals surface area contributed by atoms with Crippen molar-refractivity contribution in [1.82, 2.24) is 9.97 Å². The molecule has 2 aliphatic rings. The van der Waals surface area contributed by atoms with Gasteiger partial charge in [0.2, 0.25) is 0 Å². The lowest BCUT2D eigenvalue weighted by atomic mass is 10.0. The number of oxime groups is 1. The number of amidine groups is 1. The second-order valence-corrected chi connectivity index (χ2v) is 5.10. The first-order valence-corrected chi connectivity index (χ1v) is 6.32. The van der Waals surface area contributed by atoms with Crippen LogP contribution in [-0.4, -0.2) is 34.1 Å². The highest BCUT2D eigenvalue weighted by Gasteiger charge is 2.37. The topological polar surface area (TPSA) is 87.6 Å². The number of hydrogen-bond acceptors (Lipinski definition) is 5. The van der Waals surface area contributed by atoms with E-state index >= 15 is 0 Å². The van der Waals surface area contributed by atoms with Gasteiger partial charge in [-0.15, -0.1) is 0 Å². The van der Waals surface area contributed by atoms with Gasteiger partial charge < -0.3 is 15.8 Å². The van der Waals surface area contributed by atoms with Gasteiger partial charge in [0.25, 0.3) is 0 Å². The van der Waals surface area contributed by atoms with E-state index in [4.69, 9.17) is 10.9 Å². The summed E-state index contributed by atoms with van der Waals surface area (Å²) < 4.78 is 0. The Kier molecular flexibility index (Phi) is 2.77. The molecule has 1 saturated heterocycles. The molecule has 0 spiro atoms. The largest absolute Gasteiger partial charge is 0.409 e. The third kappa shape index (κ3) is 1.77. The van der Waals surface area contributed by atoms with Gasteiger partial charge in [0, 0.05) is 19.3 Å². The van der Waals surface area contributed by atoms with E-state index in [0.29, 0.717) is 5.56 Å². The highest BCUT2D eigenvalue weighted by molar-refractivity contribution is 6.01. The molecule has 2 atom stereocenters. The van der Waals surface area contributed by atoms with Crippen molar-refractivity contribution in [1.29, 1.82) is 0 Å². The second-order valence-electron chi connectivity index (χ2n) is 5.10. The SMILES string of the molecule is NC(=NO)c1cncnc1N1CC2CCCC2C1. The molecule has 2 fully saturated rings. The first-order valence-electron chi connectivity index (χ1n) is 6.32. The van der Waals surface area contributed by atoms with Crippen molar-refractivity contribution < 1.29 is 5.21 Å². The standard InChI is InChI=1S/C12H17N5O/c13-11(16-18)10-4-14-7-15-12(10)17-5-8-2-1-3-9(8)6-17/h4,7-9,18H,1-3,5-6H2,(H2,13,16). The molecule has 3 N–H and O–H groups in total. The second kappa shape index (κ2) is 4.44. The molecular weight excluding hydrogens is 230 g/mol.